The van der Waals surface area contributed by atoms with Gasteiger partial charge in [0.2, 0.25) is 5.91 Å². The molecule has 0 unspecified atom stereocenters. The smallest absolute Gasteiger partial charge is 0.319 e. The Hall–Kier alpha value is -2.74. The van der Waals surface area contributed by atoms with Crippen molar-refractivity contribution >= 4 is 35.2 Å². The van der Waals surface area contributed by atoms with Crippen molar-refractivity contribution in [1.82, 2.24) is 15.2 Å². The molecule has 2 aromatic rings. The maximum Gasteiger partial charge on any atom is 0.319 e. The first-order chi connectivity index (χ1) is 13.6. The molecule has 1 aromatic heterocycles. The zero-order valence-electron chi connectivity index (χ0n) is 16.1. The van der Waals surface area contributed by atoms with Crippen LogP contribution in [0.25, 0.3) is 0 Å². The summed E-state index contributed by atoms with van der Waals surface area (Å²) in [5, 5.41) is 5.81. The molecule has 1 aliphatic heterocycles. The van der Waals surface area contributed by atoms with Gasteiger partial charge in [0.05, 0.1) is 5.69 Å². The fourth-order valence-electron chi connectivity index (χ4n) is 3.18. The van der Waals surface area contributed by atoms with Crippen LogP contribution in [0, 0.1) is 0 Å². The highest BCUT2D eigenvalue weighted by atomic mass is 32.2. The molecule has 28 heavy (non-hydrogen) atoms. The van der Waals surface area contributed by atoms with E-state index in [1.807, 2.05) is 47.6 Å². The topological polar surface area (TPSA) is 77.6 Å². The van der Waals surface area contributed by atoms with Gasteiger partial charge in [-0.3, -0.25) is 4.79 Å². The number of hydrogen-bond donors (Lipinski definition) is 2. The molecule has 0 bridgehead atoms. The lowest BCUT2D eigenvalue weighted by molar-refractivity contribution is -0.129. The number of nitrogens with zero attached hydrogens (tertiary/aromatic N) is 3. The molecule has 2 heterocycles. The van der Waals surface area contributed by atoms with Crippen molar-refractivity contribution in [2.75, 3.05) is 42.7 Å². The Kier molecular flexibility index (Phi) is 6.76. The first kappa shape index (κ1) is 20.0. The summed E-state index contributed by atoms with van der Waals surface area (Å²) in [6, 6.07) is 11.3. The Morgan fingerprint density at radius 2 is 1.86 bits per heavy atom. The van der Waals surface area contributed by atoms with Gasteiger partial charge in [-0.25, -0.2) is 9.78 Å². The van der Waals surface area contributed by atoms with Gasteiger partial charge in [-0.05, 0) is 24.5 Å². The number of benzene rings is 1. The molecular formula is C20H25N5O2S. The molecule has 0 atom stereocenters. The summed E-state index contributed by atoms with van der Waals surface area (Å²) in [6.45, 7) is 4.81. The van der Waals surface area contributed by atoms with Crippen LogP contribution in [0.1, 0.15) is 12.5 Å². The third-order valence-electron chi connectivity index (χ3n) is 4.69. The van der Waals surface area contributed by atoms with Gasteiger partial charge >= 0.3 is 6.03 Å². The predicted molar refractivity (Wildman–Crippen MR) is 113 cm³/mol. The van der Waals surface area contributed by atoms with Gasteiger partial charge in [0.15, 0.2) is 0 Å². The summed E-state index contributed by atoms with van der Waals surface area (Å²) in [6.07, 6.45) is 3.73. The normalized spacial score (nSPS) is 13.9. The molecule has 8 heteroatoms. The highest BCUT2D eigenvalue weighted by molar-refractivity contribution is 7.98. The molecule has 7 nitrogen and oxygen atoms in total. The molecule has 1 saturated heterocycles. The molecule has 0 radical (unpaired) electrons. The Bertz CT molecular complexity index is 837. The van der Waals surface area contributed by atoms with Crippen LogP contribution < -0.4 is 15.5 Å². The summed E-state index contributed by atoms with van der Waals surface area (Å²) < 4.78 is 0. The van der Waals surface area contributed by atoms with Crippen molar-refractivity contribution in [3.63, 3.8) is 0 Å². The van der Waals surface area contributed by atoms with Crippen LogP contribution >= 0.6 is 11.8 Å². The second-order valence-electron chi connectivity index (χ2n) is 6.49. The number of rotatable bonds is 5. The van der Waals surface area contributed by atoms with E-state index in [2.05, 4.69) is 20.5 Å². The van der Waals surface area contributed by atoms with E-state index in [1.165, 1.54) is 0 Å². The largest absolute Gasteiger partial charge is 0.353 e. The predicted octanol–water partition coefficient (Wildman–Crippen LogP) is 2.79. The van der Waals surface area contributed by atoms with Crippen LogP contribution in [0.4, 0.5) is 16.3 Å². The Morgan fingerprint density at radius 3 is 2.57 bits per heavy atom. The van der Waals surface area contributed by atoms with E-state index in [1.54, 1.807) is 24.9 Å². The molecular weight excluding hydrogens is 374 g/mol. The van der Waals surface area contributed by atoms with Crippen LogP contribution in [0.3, 0.4) is 0 Å². The van der Waals surface area contributed by atoms with Crippen molar-refractivity contribution in [2.45, 2.75) is 18.4 Å². The third-order valence-corrected chi connectivity index (χ3v) is 5.48. The van der Waals surface area contributed by atoms with Crippen molar-refractivity contribution in [3.05, 3.63) is 48.2 Å². The highest BCUT2D eigenvalue weighted by Crippen LogP contribution is 2.24. The second-order valence-corrected chi connectivity index (χ2v) is 7.34. The number of anilines is 2. The first-order valence-electron chi connectivity index (χ1n) is 9.20. The van der Waals surface area contributed by atoms with Crippen molar-refractivity contribution < 1.29 is 9.59 Å². The summed E-state index contributed by atoms with van der Waals surface area (Å²) in [5.74, 6) is 0.959. The summed E-state index contributed by atoms with van der Waals surface area (Å²) >= 11 is 1.59. The lowest BCUT2D eigenvalue weighted by atomic mass is 10.2. The number of hydrogen-bond acceptors (Lipinski definition) is 5. The SMILES string of the molecule is CSc1ccccc1NC(=O)NCc1cccnc1N1CCN(C(C)=O)CC1. The number of pyridine rings is 1. The molecule has 1 aromatic carbocycles. The molecule has 0 aliphatic carbocycles. The molecule has 0 spiro atoms. The number of aromatic nitrogens is 1. The second kappa shape index (κ2) is 9.45. The molecule has 0 saturated carbocycles. The molecule has 3 amide bonds. The maximum absolute atomic E-state index is 12.3. The van der Waals surface area contributed by atoms with E-state index >= 15 is 0 Å². The van der Waals surface area contributed by atoms with Gasteiger partial charge in [-0.2, -0.15) is 0 Å². The molecule has 3 rings (SSSR count). The summed E-state index contributed by atoms with van der Waals surface area (Å²) in [5.41, 5.74) is 1.74. The van der Waals surface area contributed by atoms with Gasteiger partial charge in [-0.1, -0.05) is 18.2 Å². The average Bonchev–Trinajstić information content (AvgIpc) is 2.73. The van der Waals surface area contributed by atoms with Gasteiger partial charge in [0.1, 0.15) is 5.82 Å². The number of carbonyl (C=O) groups is 2. The van der Waals surface area contributed by atoms with Crippen molar-refractivity contribution in [3.8, 4) is 0 Å². The number of amides is 3. The number of piperazine rings is 1. The number of nitrogens with one attached hydrogen (secondary N) is 2. The van der Waals surface area contributed by atoms with E-state index in [-0.39, 0.29) is 11.9 Å². The third kappa shape index (κ3) is 4.95. The van der Waals surface area contributed by atoms with Crippen LogP contribution in [-0.4, -0.2) is 54.3 Å². The minimum absolute atomic E-state index is 0.102. The van der Waals surface area contributed by atoms with E-state index in [0.29, 0.717) is 19.6 Å². The molecule has 1 aliphatic rings. The Morgan fingerprint density at radius 1 is 1.11 bits per heavy atom. The average molecular weight is 400 g/mol. The van der Waals surface area contributed by atoms with E-state index < -0.39 is 0 Å². The summed E-state index contributed by atoms with van der Waals surface area (Å²) in [4.78, 5) is 33.4. The molecule has 1 fully saturated rings. The number of carbonyl (C=O) groups excluding carboxylic acids is 2. The lowest BCUT2D eigenvalue weighted by Crippen LogP contribution is -2.48. The quantitative estimate of drug-likeness (QED) is 0.756. The first-order valence-corrected chi connectivity index (χ1v) is 10.4. The Labute approximate surface area is 169 Å². The van der Waals surface area contributed by atoms with Gasteiger partial charge in [0.25, 0.3) is 0 Å². The van der Waals surface area contributed by atoms with Crippen molar-refractivity contribution in [2.24, 2.45) is 0 Å². The number of thioether (sulfide) groups is 1. The van der Waals surface area contributed by atoms with Crippen LogP contribution in [-0.2, 0) is 11.3 Å². The van der Waals surface area contributed by atoms with Gasteiger partial charge in [-0.15, -0.1) is 11.8 Å². The maximum atomic E-state index is 12.3. The zero-order valence-corrected chi connectivity index (χ0v) is 17.0. The standard InChI is InChI=1S/C20H25N5O2S/c1-15(26)24-10-12-25(13-11-24)19-16(6-5-9-21-19)14-22-20(27)23-17-7-3-4-8-18(17)28-2/h3-9H,10-14H2,1-2H3,(H2,22,23,27). The highest BCUT2D eigenvalue weighted by Gasteiger charge is 2.21. The summed E-state index contributed by atoms with van der Waals surface area (Å²) in [7, 11) is 0. The number of para-hydroxylation sites is 1. The Balaban J connectivity index is 1.61. The minimum Gasteiger partial charge on any atom is -0.353 e. The van der Waals surface area contributed by atoms with Crippen LogP contribution in [0.15, 0.2) is 47.5 Å². The lowest BCUT2D eigenvalue weighted by Gasteiger charge is -2.35. The minimum atomic E-state index is -0.252. The van der Waals surface area contributed by atoms with E-state index in [0.717, 1.165) is 35.1 Å². The van der Waals surface area contributed by atoms with Crippen molar-refractivity contribution in [1.29, 1.82) is 0 Å². The van der Waals surface area contributed by atoms with E-state index in [9.17, 15) is 9.59 Å². The number of urea groups is 1. The van der Waals surface area contributed by atoms with Gasteiger partial charge in [0, 0.05) is 56.3 Å². The monoisotopic (exact) mass is 399 g/mol. The van der Waals surface area contributed by atoms with Crippen LogP contribution in [0.2, 0.25) is 0 Å². The van der Waals surface area contributed by atoms with Crippen LogP contribution in [0.5, 0.6) is 0 Å². The fraction of sp³-hybridized carbons (Fsp3) is 0.350. The fourth-order valence-corrected chi connectivity index (χ4v) is 3.73. The van der Waals surface area contributed by atoms with E-state index in [4.69, 9.17) is 0 Å². The zero-order chi connectivity index (χ0) is 19.9. The molecule has 148 valence electrons. The molecule has 2 N–H and O–H groups in total. The van der Waals surface area contributed by atoms with Gasteiger partial charge < -0.3 is 20.4 Å².